The highest BCUT2D eigenvalue weighted by Gasteiger charge is 2.18. The number of β-amino-alcohol motifs (C(OH)–C–C–N with tert-alkyl or cyclic N) is 1. The normalized spacial score (nSPS) is 15.5. The number of nitriles is 1. The second-order valence-corrected chi connectivity index (χ2v) is 6.35. The van der Waals surface area contributed by atoms with Gasteiger partial charge in [0.1, 0.15) is 0 Å². The van der Waals surface area contributed by atoms with Crippen LogP contribution in [-0.2, 0) is 19.5 Å². The zero-order chi connectivity index (χ0) is 16.8. The highest BCUT2D eigenvalue weighted by atomic mass is 16.3. The molecule has 0 amide bonds. The topological polar surface area (TPSA) is 59.3 Å². The van der Waals surface area contributed by atoms with Crippen LogP contribution in [0.1, 0.15) is 22.3 Å². The first-order valence-electron chi connectivity index (χ1n) is 8.41. The number of hydrogen-bond donors (Lipinski definition) is 2. The van der Waals surface area contributed by atoms with Gasteiger partial charge in [-0.05, 0) is 35.2 Å². The van der Waals surface area contributed by atoms with Gasteiger partial charge < -0.3 is 10.4 Å². The molecule has 2 aromatic carbocycles. The van der Waals surface area contributed by atoms with Crippen molar-refractivity contribution in [3.63, 3.8) is 0 Å². The molecule has 24 heavy (non-hydrogen) atoms. The van der Waals surface area contributed by atoms with Crippen LogP contribution in [0, 0.1) is 11.3 Å². The molecule has 0 spiro atoms. The molecule has 2 N–H and O–H groups in total. The zero-order valence-electron chi connectivity index (χ0n) is 13.8. The van der Waals surface area contributed by atoms with Crippen LogP contribution >= 0.6 is 0 Å². The number of aliphatic hydroxyl groups is 1. The minimum absolute atomic E-state index is 0.381. The SMILES string of the molecule is N#Cc1ccc(CNC[C@@H](O)CN2CCc3ccccc3C2)cc1. The molecule has 0 bridgehead atoms. The molecule has 0 aromatic heterocycles. The van der Waals surface area contributed by atoms with Gasteiger partial charge >= 0.3 is 0 Å². The molecule has 0 unspecified atom stereocenters. The van der Waals surface area contributed by atoms with E-state index >= 15 is 0 Å². The highest BCUT2D eigenvalue weighted by molar-refractivity contribution is 5.31. The predicted octanol–water partition coefficient (Wildman–Crippen LogP) is 2.07. The molecular formula is C20H23N3O. The first-order valence-corrected chi connectivity index (χ1v) is 8.41. The number of aliphatic hydroxyl groups excluding tert-OH is 1. The molecule has 124 valence electrons. The summed E-state index contributed by atoms with van der Waals surface area (Å²) in [7, 11) is 0. The smallest absolute Gasteiger partial charge is 0.0991 e. The van der Waals surface area contributed by atoms with Gasteiger partial charge in [-0.15, -0.1) is 0 Å². The Bertz CT molecular complexity index is 706. The highest BCUT2D eigenvalue weighted by Crippen LogP contribution is 2.18. The van der Waals surface area contributed by atoms with Crippen molar-refractivity contribution >= 4 is 0 Å². The third-order valence-electron chi connectivity index (χ3n) is 4.47. The van der Waals surface area contributed by atoms with Crippen LogP contribution in [0.2, 0.25) is 0 Å². The van der Waals surface area contributed by atoms with Crippen LogP contribution in [0.25, 0.3) is 0 Å². The van der Waals surface area contributed by atoms with Gasteiger partial charge in [-0.25, -0.2) is 0 Å². The Morgan fingerprint density at radius 1 is 1.12 bits per heavy atom. The van der Waals surface area contributed by atoms with Crippen molar-refractivity contribution in [2.75, 3.05) is 19.6 Å². The number of hydrogen-bond acceptors (Lipinski definition) is 4. The average Bonchev–Trinajstić information content (AvgIpc) is 2.62. The Morgan fingerprint density at radius 3 is 2.62 bits per heavy atom. The summed E-state index contributed by atoms with van der Waals surface area (Å²) in [5.74, 6) is 0. The van der Waals surface area contributed by atoms with Gasteiger partial charge in [0.15, 0.2) is 0 Å². The molecule has 1 heterocycles. The maximum absolute atomic E-state index is 10.3. The summed E-state index contributed by atoms with van der Waals surface area (Å²) in [6, 6.07) is 18.2. The maximum Gasteiger partial charge on any atom is 0.0991 e. The predicted molar refractivity (Wildman–Crippen MR) is 94.3 cm³/mol. The molecular weight excluding hydrogens is 298 g/mol. The Hall–Kier alpha value is -2.19. The van der Waals surface area contributed by atoms with Crippen LogP contribution in [0.15, 0.2) is 48.5 Å². The summed E-state index contributed by atoms with van der Waals surface area (Å²) in [5.41, 5.74) is 4.60. The van der Waals surface area contributed by atoms with Gasteiger partial charge in [-0.1, -0.05) is 36.4 Å². The fraction of sp³-hybridized carbons (Fsp3) is 0.350. The monoisotopic (exact) mass is 321 g/mol. The Morgan fingerprint density at radius 2 is 1.88 bits per heavy atom. The summed E-state index contributed by atoms with van der Waals surface area (Å²) in [4.78, 5) is 2.32. The van der Waals surface area contributed by atoms with E-state index in [0.717, 1.165) is 25.1 Å². The van der Waals surface area contributed by atoms with E-state index in [4.69, 9.17) is 5.26 Å². The third-order valence-corrected chi connectivity index (χ3v) is 4.47. The van der Waals surface area contributed by atoms with Gasteiger partial charge in [0.2, 0.25) is 0 Å². The molecule has 3 rings (SSSR count). The van der Waals surface area contributed by atoms with Crippen molar-refractivity contribution < 1.29 is 5.11 Å². The minimum Gasteiger partial charge on any atom is -0.390 e. The van der Waals surface area contributed by atoms with Crippen LogP contribution in [0.3, 0.4) is 0 Å². The van der Waals surface area contributed by atoms with E-state index in [1.807, 2.05) is 24.3 Å². The van der Waals surface area contributed by atoms with E-state index in [-0.39, 0.29) is 6.10 Å². The molecule has 0 fully saturated rings. The minimum atomic E-state index is -0.381. The lowest BCUT2D eigenvalue weighted by molar-refractivity contribution is 0.104. The van der Waals surface area contributed by atoms with E-state index < -0.39 is 0 Å². The summed E-state index contributed by atoms with van der Waals surface area (Å²) < 4.78 is 0. The molecule has 0 saturated carbocycles. The van der Waals surface area contributed by atoms with Crippen molar-refractivity contribution in [3.05, 3.63) is 70.8 Å². The first-order chi connectivity index (χ1) is 11.7. The molecule has 1 atom stereocenters. The quantitative estimate of drug-likeness (QED) is 0.855. The van der Waals surface area contributed by atoms with Crippen molar-refractivity contribution in [3.8, 4) is 6.07 Å². The summed E-state index contributed by atoms with van der Waals surface area (Å²) in [6.45, 7) is 3.88. The number of rotatable bonds is 6. The standard InChI is InChI=1S/C20H23N3O/c21-11-16-5-7-17(8-6-16)12-22-13-20(24)15-23-10-9-18-3-1-2-4-19(18)14-23/h1-8,20,22,24H,9-10,12-15H2/t20-/m1/s1. The molecule has 0 radical (unpaired) electrons. The van der Waals surface area contributed by atoms with Crippen molar-refractivity contribution in [1.82, 2.24) is 10.2 Å². The summed E-state index contributed by atoms with van der Waals surface area (Å²) in [5, 5.41) is 22.3. The first kappa shape index (κ1) is 16.7. The number of nitrogens with one attached hydrogen (secondary N) is 1. The molecule has 2 aromatic rings. The third kappa shape index (κ3) is 4.42. The average molecular weight is 321 g/mol. The second kappa shape index (κ2) is 8.07. The Labute approximate surface area is 143 Å². The van der Waals surface area contributed by atoms with Crippen LogP contribution in [0.4, 0.5) is 0 Å². The van der Waals surface area contributed by atoms with Crippen molar-refractivity contribution in [1.29, 1.82) is 5.26 Å². The number of nitrogens with zero attached hydrogens (tertiary/aromatic N) is 2. The molecule has 4 nitrogen and oxygen atoms in total. The Kier molecular flexibility index (Phi) is 5.60. The Balaban J connectivity index is 1.41. The number of fused-ring (bicyclic) bond motifs is 1. The molecule has 1 aliphatic heterocycles. The van der Waals surface area contributed by atoms with Gasteiger partial charge in [-0.2, -0.15) is 5.26 Å². The summed E-state index contributed by atoms with van der Waals surface area (Å²) >= 11 is 0. The lowest BCUT2D eigenvalue weighted by Gasteiger charge is -2.30. The summed E-state index contributed by atoms with van der Waals surface area (Å²) in [6.07, 6.45) is 0.676. The largest absolute Gasteiger partial charge is 0.390 e. The van der Waals surface area contributed by atoms with E-state index in [1.54, 1.807) is 0 Å². The fourth-order valence-electron chi connectivity index (χ4n) is 3.15. The van der Waals surface area contributed by atoms with E-state index in [2.05, 4.69) is 40.6 Å². The van der Waals surface area contributed by atoms with Gasteiger partial charge in [-0.3, -0.25) is 4.90 Å². The van der Waals surface area contributed by atoms with Crippen LogP contribution in [-0.4, -0.2) is 35.7 Å². The molecule has 1 aliphatic rings. The van der Waals surface area contributed by atoms with E-state index in [9.17, 15) is 5.11 Å². The lowest BCUT2D eigenvalue weighted by Crippen LogP contribution is -2.40. The van der Waals surface area contributed by atoms with Crippen LogP contribution in [0.5, 0.6) is 0 Å². The maximum atomic E-state index is 10.3. The van der Waals surface area contributed by atoms with Gasteiger partial charge in [0.25, 0.3) is 0 Å². The van der Waals surface area contributed by atoms with Gasteiger partial charge in [0.05, 0.1) is 17.7 Å². The van der Waals surface area contributed by atoms with Crippen LogP contribution < -0.4 is 5.32 Å². The second-order valence-electron chi connectivity index (χ2n) is 6.35. The number of benzene rings is 2. The molecule has 0 saturated heterocycles. The fourth-order valence-corrected chi connectivity index (χ4v) is 3.15. The van der Waals surface area contributed by atoms with Crippen molar-refractivity contribution in [2.45, 2.75) is 25.6 Å². The van der Waals surface area contributed by atoms with Gasteiger partial charge in [0, 0.05) is 32.7 Å². The van der Waals surface area contributed by atoms with E-state index in [0.29, 0.717) is 25.2 Å². The lowest BCUT2D eigenvalue weighted by atomic mass is 10.00. The van der Waals surface area contributed by atoms with Crippen molar-refractivity contribution in [2.24, 2.45) is 0 Å². The van der Waals surface area contributed by atoms with E-state index in [1.165, 1.54) is 11.1 Å². The molecule has 0 aliphatic carbocycles. The molecule has 4 heteroatoms. The zero-order valence-corrected chi connectivity index (χ0v) is 13.8.